The molecule has 2 aromatic rings. The molecule has 36 heavy (non-hydrogen) atoms. The van der Waals surface area contributed by atoms with Crippen molar-refractivity contribution in [3.05, 3.63) is 39.5 Å². The van der Waals surface area contributed by atoms with Gasteiger partial charge in [-0.2, -0.15) is 5.10 Å². The predicted octanol–water partition coefficient (Wildman–Crippen LogP) is 6.29. The molecule has 0 unspecified atom stereocenters. The molecule has 1 aromatic carbocycles. The Morgan fingerprint density at radius 3 is 2.25 bits per heavy atom. The summed E-state index contributed by atoms with van der Waals surface area (Å²) in [5, 5.41) is 10.5. The number of halogens is 2. The van der Waals surface area contributed by atoms with Crippen molar-refractivity contribution in [1.82, 2.24) is 14.7 Å². The quantitative estimate of drug-likeness (QED) is 0.424. The van der Waals surface area contributed by atoms with E-state index in [1.165, 1.54) is 0 Å². The molecule has 194 valence electrons. The molecule has 0 radical (unpaired) electrons. The SMILES string of the molecule is CCOC(=O)n1nc2c(c1NC(=O)C1([Si](C)(C)C)CC1)CN(C(=O)Nc1c(Cl)cccc1Cl)C2(C)C. The summed E-state index contributed by atoms with van der Waals surface area (Å²) in [6, 6.07) is 4.53. The first-order chi connectivity index (χ1) is 16.7. The maximum atomic E-state index is 13.5. The van der Waals surface area contributed by atoms with Gasteiger partial charge in [0.15, 0.2) is 0 Å². The van der Waals surface area contributed by atoms with Crippen LogP contribution in [0.4, 0.5) is 21.1 Å². The third-order valence-electron chi connectivity index (χ3n) is 7.29. The molecule has 0 atom stereocenters. The molecular formula is C24H31Cl2N5O4Si. The van der Waals surface area contributed by atoms with E-state index in [1.807, 2.05) is 13.8 Å². The second-order valence-electron chi connectivity index (χ2n) is 10.7. The topological polar surface area (TPSA) is 106 Å². The summed E-state index contributed by atoms with van der Waals surface area (Å²) in [5.41, 5.74) is 0.500. The highest BCUT2D eigenvalue weighted by atomic mass is 35.5. The second kappa shape index (κ2) is 9.07. The summed E-state index contributed by atoms with van der Waals surface area (Å²) in [4.78, 5) is 41.2. The van der Waals surface area contributed by atoms with Crippen LogP contribution in [0.3, 0.4) is 0 Å². The van der Waals surface area contributed by atoms with Crippen LogP contribution in [0.15, 0.2) is 18.2 Å². The lowest BCUT2D eigenvalue weighted by Gasteiger charge is -2.32. The van der Waals surface area contributed by atoms with E-state index in [-0.39, 0.29) is 24.9 Å². The summed E-state index contributed by atoms with van der Waals surface area (Å²) in [6.45, 7) is 12.1. The zero-order chi connectivity index (χ0) is 26.6. The Morgan fingerprint density at radius 2 is 1.72 bits per heavy atom. The van der Waals surface area contributed by atoms with Gasteiger partial charge in [0.05, 0.1) is 48.2 Å². The fourth-order valence-electron chi connectivity index (χ4n) is 4.81. The Balaban J connectivity index is 1.69. The van der Waals surface area contributed by atoms with E-state index in [2.05, 4.69) is 35.4 Å². The molecule has 1 aliphatic heterocycles. The number of nitrogens with one attached hydrogen (secondary N) is 2. The van der Waals surface area contributed by atoms with Gasteiger partial charge in [-0.05, 0) is 45.7 Å². The fourth-order valence-corrected chi connectivity index (χ4v) is 7.67. The van der Waals surface area contributed by atoms with Crippen LogP contribution in [0.1, 0.15) is 44.9 Å². The van der Waals surface area contributed by atoms with Gasteiger partial charge in [-0.1, -0.05) is 48.9 Å². The summed E-state index contributed by atoms with van der Waals surface area (Å²) < 4.78 is 6.31. The molecule has 1 saturated carbocycles. The number of hydrogen-bond donors (Lipinski definition) is 2. The number of hydrogen-bond acceptors (Lipinski definition) is 5. The average Bonchev–Trinajstić information content (AvgIpc) is 3.47. The van der Waals surface area contributed by atoms with Crippen molar-refractivity contribution in [3.8, 4) is 0 Å². The van der Waals surface area contributed by atoms with Crippen molar-refractivity contribution in [2.24, 2.45) is 0 Å². The lowest BCUT2D eigenvalue weighted by Crippen LogP contribution is -2.43. The monoisotopic (exact) mass is 551 g/mol. The Labute approximate surface area is 221 Å². The summed E-state index contributed by atoms with van der Waals surface area (Å²) in [5.74, 6) is 0.135. The van der Waals surface area contributed by atoms with E-state index in [0.29, 0.717) is 27.0 Å². The standard InChI is InChI=1S/C24H31Cl2N5O4Si/c1-7-35-22(34)31-19(28-20(32)24(11-12-24)36(4,5)6)14-13-30(23(2,3)18(14)29-31)21(33)27-17-15(25)9-8-10-16(17)26/h8-10H,7,11-13H2,1-6H3,(H,27,33)(H,28,32). The number of benzene rings is 1. The van der Waals surface area contributed by atoms with Gasteiger partial charge in [-0.3, -0.25) is 4.79 Å². The molecule has 0 bridgehead atoms. The van der Waals surface area contributed by atoms with E-state index in [9.17, 15) is 14.4 Å². The molecule has 2 N–H and O–H groups in total. The van der Waals surface area contributed by atoms with Crippen molar-refractivity contribution in [3.63, 3.8) is 0 Å². The van der Waals surface area contributed by atoms with Crippen LogP contribution < -0.4 is 10.6 Å². The number of anilines is 2. The Kier molecular flexibility index (Phi) is 6.68. The van der Waals surface area contributed by atoms with E-state index in [4.69, 9.17) is 27.9 Å². The van der Waals surface area contributed by atoms with Crippen LogP contribution in [0.2, 0.25) is 34.7 Å². The molecule has 0 saturated heterocycles. The van der Waals surface area contributed by atoms with Gasteiger partial charge >= 0.3 is 12.1 Å². The number of nitrogens with zero attached hydrogens (tertiary/aromatic N) is 3. The van der Waals surface area contributed by atoms with Crippen LogP contribution in [0.5, 0.6) is 0 Å². The van der Waals surface area contributed by atoms with Crippen molar-refractivity contribution >= 4 is 60.8 Å². The van der Waals surface area contributed by atoms with Crippen molar-refractivity contribution < 1.29 is 19.1 Å². The van der Waals surface area contributed by atoms with Crippen LogP contribution in [0, 0.1) is 0 Å². The molecule has 1 aromatic heterocycles. The lowest BCUT2D eigenvalue weighted by molar-refractivity contribution is -0.117. The number of para-hydroxylation sites is 1. The largest absolute Gasteiger partial charge is 0.448 e. The number of carbonyl (C=O) groups excluding carboxylic acids is 3. The molecular weight excluding hydrogens is 521 g/mol. The van der Waals surface area contributed by atoms with Gasteiger partial charge in [0.2, 0.25) is 5.91 Å². The molecule has 0 spiro atoms. The normalized spacial score (nSPS) is 17.4. The van der Waals surface area contributed by atoms with Gasteiger partial charge in [0, 0.05) is 10.6 Å². The third-order valence-corrected chi connectivity index (χ3v) is 11.5. The van der Waals surface area contributed by atoms with Crippen molar-refractivity contribution in [2.45, 2.75) is 70.4 Å². The first-order valence-electron chi connectivity index (χ1n) is 11.9. The van der Waals surface area contributed by atoms with Gasteiger partial charge in [-0.15, -0.1) is 4.68 Å². The minimum atomic E-state index is -1.83. The van der Waals surface area contributed by atoms with Gasteiger partial charge in [0.25, 0.3) is 0 Å². The minimum absolute atomic E-state index is 0.113. The summed E-state index contributed by atoms with van der Waals surface area (Å²) >= 11 is 12.5. The number of rotatable bonds is 5. The number of carbonyl (C=O) groups is 3. The van der Waals surface area contributed by atoms with Crippen LogP contribution in [-0.4, -0.2) is 47.4 Å². The molecule has 1 fully saturated rings. The molecule has 1 aliphatic carbocycles. The molecule has 4 rings (SSSR count). The maximum absolute atomic E-state index is 13.5. The number of amides is 3. The summed E-state index contributed by atoms with van der Waals surface area (Å²) in [6.07, 6.45) is 0.959. The molecule has 9 nitrogen and oxygen atoms in total. The maximum Gasteiger partial charge on any atom is 0.436 e. The Morgan fingerprint density at radius 1 is 1.11 bits per heavy atom. The van der Waals surface area contributed by atoms with Crippen LogP contribution >= 0.6 is 23.2 Å². The van der Waals surface area contributed by atoms with Crippen molar-refractivity contribution in [2.75, 3.05) is 17.2 Å². The highest BCUT2D eigenvalue weighted by Crippen LogP contribution is 2.61. The number of fused-ring (bicyclic) bond motifs is 1. The second-order valence-corrected chi connectivity index (χ2v) is 17.0. The van der Waals surface area contributed by atoms with Crippen molar-refractivity contribution in [1.29, 1.82) is 0 Å². The van der Waals surface area contributed by atoms with Gasteiger partial charge in [0.1, 0.15) is 5.82 Å². The van der Waals surface area contributed by atoms with E-state index < -0.39 is 30.8 Å². The number of ether oxygens (including phenoxy) is 1. The zero-order valence-electron chi connectivity index (χ0n) is 21.3. The van der Waals surface area contributed by atoms with Gasteiger partial charge < -0.3 is 20.3 Å². The molecule has 3 amide bonds. The van der Waals surface area contributed by atoms with E-state index >= 15 is 0 Å². The lowest BCUT2D eigenvalue weighted by atomic mass is 10.0. The molecule has 2 heterocycles. The fraction of sp³-hybridized carbons (Fsp3) is 0.500. The molecule has 2 aliphatic rings. The number of aromatic nitrogens is 2. The Bertz CT molecular complexity index is 1230. The predicted molar refractivity (Wildman–Crippen MR) is 143 cm³/mol. The first-order valence-corrected chi connectivity index (χ1v) is 16.1. The highest BCUT2D eigenvalue weighted by Gasteiger charge is 2.59. The minimum Gasteiger partial charge on any atom is -0.448 e. The van der Waals surface area contributed by atoms with Crippen LogP contribution in [0.25, 0.3) is 0 Å². The third kappa shape index (κ3) is 4.29. The van der Waals surface area contributed by atoms with Gasteiger partial charge in [-0.25, -0.2) is 9.59 Å². The zero-order valence-corrected chi connectivity index (χ0v) is 23.8. The smallest absolute Gasteiger partial charge is 0.436 e. The van der Waals surface area contributed by atoms with Crippen LogP contribution in [-0.2, 0) is 21.6 Å². The average molecular weight is 553 g/mol. The Hall–Kier alpha value is -2.56. The van der Waals surface area contributed by atoms with E-state index in [0.717, 1.165) is 17.5 Å². The molecule has 12 heteroatoms. The first kappa shape index (κ1) is 26.5. The number of urea groups is 1. The summed E-state index contributed by atoms with van der Waals surface area (Å²) in [7, 11) is -1.83. The highest BCUT2D eigenvalue weighted by molar-refractivity contribution is 6.83. The van der Waals surface area contributed by atoms with E-state index in [1.54, 1.807) is 30.0 Å².